The molecule has 0 unspecified atom stereocenters. The van der Waals surface area contributed by atoms with Crippen LogP contribution in [0.15, 0.2) is 30.5 Å². The van der Waals surface area contributed by atoms with Gasteiger partial charge in [0.05, 0.1) is 7.11 Å². The quantitative estimate of drug-likeness (QED) is 0.920. The maximum Gasteiger partial charge on any atom is 0.274 e. The van der Waals surface area contributed by atoms with E-state index in [1.165, 1.54) is 0 Å². The first-order valence-corrected chi connectivity index (χ1v) is 7.84. The molecule has 0 bridgehead atoms. The number of amides is 1. The van der Waals surface area contributed by atoms with Crippen molar-refractivity contribution >= 4 is 18.3 Å². The first-order chi connectivity index (χ1) is 11.1. The number of aryl methyl sites for hydroxylation is 1. The van der Waals surface area contributed by atoms with Crippen molar-refractivity contribution < 1.29 is 9.53 Å². The fourth-order valence-electron chi connectivity index (χ4n) is 2.82. The summed E-state index contributed by atoms with van der Waals surface area (Å²) in [7, 11) is 1.63. The lowest BCUT2D eigenvalue weighted by molar-refractivity contribution is 0.0708. The second-order valence-electron chi connectivity index (χ2n) is 5.95. The van der Waals surface area contributed by atoms with Crippen molar-refractivity contribution in [3.63, 3.8) is 0 Å². The lowest BCUT2D eigenvalue weighted by Crippen LogP contribution is -2.43. The van der Waals surface area contributed by atoms with E-state index in [1.807, 2.05) is 30.0 Å². The summed E-state index contributed by atoms with van der Waals surface area (Å²) in [5, 5.41) is 4.44. The molecule has 0 saturated carbocycles. The average molecular weight is 351 g/mol. The fourth-order valence-corrected chi connectivity index (χ4v) is 2.82. The zero-order valence-electron chi connectivity index (χ0n) is 13.9. The molecule has 2 aromatic rings. The largest absolute Gasteiger partial charge is 0.494 e. The molecule has 3 rings (SSSR count). The van der Waals surface area contributed by atoms with Gasteiger partial charge < -0.3 is 15.4 Å². The summed E-state index contributed by atoms with van der Waals surface area (Å²) in [5.41, 5.74) is 8.27. The highest BCUT2D eigenvalue weighted by atomic mass is 35.5. The van der Waals surface area contributed by atoms with Crippen LogP contribution in [-0.4, -0.2) is 46.8 Å². The van der Waals surface area contributed by atoms with Gasteiger partial charge in [-0.15, -0.1) is 12.4 Å². The van der Waals surface area contributed by atoms with Gasteiger partial charge in [-0.2, -0.15) is 5.10 Å². The van der Waals surface area contributed by atoms with Crippen molar-refractivity contribution in [2.45, 2.75) is 25.8 Å². The first-order valence-electron chi connectivity index (χ1n) is 7.84. The number of aromatic nitrogens is 2. The molecule has 1 aromatic carbocycles. The normalized spacial score (nSPS) is 15.0. The predicted octanol–water partition coefficient (Wildman–Crippen LogP) is 2.17. The van der Waals surface area contributed by atoms with Gasteiger partial charge in [-0.05, 0) is 43.5 Å². The smallest absolute Gasteiger partial charge is 0.274 e. The lowest BCUT2D eigenvalue weighted by Gasteiger charge is -2.29. The van der Waals surface area contributed by atoms with E-state index >= 15 is 0 Å². The molecular formula is C17H23ClN4O2. The molecule has 1 saturated heterocycles. The van der Waals surface area contributed by atoms with Gasteiger partial charge in [0.15, 0.2) is 5.69 Å². The second-order valence-corrected chi connectivity index (χ2v) is 5.95. The molecule has 6 nitrogen and oxygen atoms in total. The van der Waals surface area contributed by atoms with Crippen molar-refractivity contribution in [2.24, 2.45) is 5.73 Å². The Morgan fingerprint density at radius 3 is 2.67 bits per heavy atom. The van der Waals surface area contributed by atoms with Crippen molar-refractivity contribution in [3.8, 4) is 11.4 Å². The summed E-state index contributed by atoms with van der Waals surface area (Å²) >= 11 is 0. The number of ether oxygens (including phenoxy) is 1. The minimum atomic E-state index is -0.0396. The topological polar surface area (TPSA) is 73.4 Å². The van der Waals surface area contributed by atoms with Crippen LogP contribution in [0.4, 0.5) is 0 Å². The summed E-state index contributed by atoms with van der Waals surface area (Å²) in [5.74, 6) is 0.684. The Bertz CT molecular complexity index is 708. The van der Waals surface area contributed by atoms with E-state index in [2.05, 4.69) is 5.10 Å². The summed E-state index contributed by atoms with van der Waals surface area (Å²) in [6.45, 7) is 3.40. The molecule has 1 aromatic heterocycles. The Kier molecular flexibility index (Phi) is 5.85. The number of likely N-dealkylation sites (tertiary alicyclic amines) is 1. The molecule has 0 spiro atoms. The molecule has 130 valence electrons. The van der Waals surface area contributed by atoms with Gasteiger partial charge in [0.25, 0.3) is 5.91 Å². The zero-order chi connectivity index (χ0) is 16.4. The van der Waals surface area contributed by atoms with Gasteiger partial charge in [0, 0.05) is 25.3 Å². The number of nitrogens with two attached hydrogens (primary N) is 1. The van der Waals surface area contributed by atoms with Gasteiger partial charge in [0.2, 0.25) is 0 Å². The van der Waals surface area contributed by atoms with Crippen LogP contribution in [0.2, 0.25) is 0 Å². The number of carbonyl (C=O) groups excluding carboxylic acids is 1. The molecule has 2 N–H and O–H groups in total. The van der Waals surface area contributed by atoms with Crippen LogP contribution >= 0.6 is 12.4 Å². The van der Waals surface area contributed by atoms with Crippen LogP contribution in [0.3, 0.4) is 0 Å². The van der Waals surface area contributed by atoms with Crippen LogP contribution in [-0.2, 0) is 0 Å². The summed E-state index contributed by atoms with van der Waals surface area (Å²) in [4.78, 5) is 14.4. The highest BCUT2D eigenvalue weighted by Gasteiger charge is 2.23. The number of methoxy groups -OCH3 is 1. The third kappa shape index (κ3) is 3.71. The molecule has 0 aliphatic carbocycles. The average Bonchev–Trinajstić information content (AvgIpc) is 3.04. The number of nitrogens with zero attached hydrogens (tertiary/aromatic N) is 3. The van der Waals surface area contributed by atoms with Crippen molar-refractivity contribution in [1.29, 1.82) is 0 Å². The van der Waals surface area contributed by atoms with Crippen LogP contribution in [0, 0.1) is 6.92 Å². The Morgan fingerprint density at radius 2 is 2.00 bits per heavy atom. The van der Waals surface area contributed by atoms with Crippen LogP contribution < -0.4 is 10.5 Å². The van der Waals surface area contributed by atoms with Gasteiger partial charge in [0.1, 0.15) is 11.4 Å². The molecule has 1 aliphatic rings. The van der Waals surface area contributed by atoms with Gasteiger partial charge in [-0.3, -0.25) is 4.79 Å². The number of hydrogen-bond acceptors (Lipinski definition) is 4. The molecular weight excluding hydrogens is 328 g/mol. The Balaban J connectivity index is 0.00000208. The van der Waals surface area contributed by atoms with E-state index in [1.54, 1.807) is 24.1 Å². The van der Waals surface area contributed by atoms with Crippen LogP contribution in [0.1, 0.15) is 28.9 Å². The van der Waals surface area contributed by atoms with Gasteiger partial charge >= 0.3 is 0 Å². The molecule has 7 heteroatoms. The number of benzene rings is 1. The molecule has 24 heavy (non-hydrogen) atoms. The highest BCUT2D eigenvalue weighted by molar-refractivity contribution is 5.92. The molecule has 0 radical (unpaired) electrons. The molecule has 1 aliphatic heterocycles. The zero-order valence-corrected chi connectivity index (χ0v) is 14.8. The minimum absolute atomic E-state index is 0. The van der Waals surface area contributed by atoms with Crippen LogP contribution in [0.25, 0.3) is 5.69 Å². The summed E-state index contributed by atoms with van der Waals surface area (Å²) in [6, 6.07) is 7.82. The Labute approximate surface area is 148 Å². The standard InChI is InChI=1S/C17H22N4O2.ClH/c1-12-3-4-16(23-2)15(11-12)21-10-7-14(19-21)17(22)20-8-5-13(18)6-9-20;/h3-4,7,10-11,13H,5-6,8-9,18H2,1-2H3;1H. The monoisotopic (exact) mass is 350 g/mol. The molecule has 1 amide bonds. The first kappa shape index (κ1) is 18.3. The number of halogens is 1. The Morgan fingerprint density at radius 1 is 1.29 bits per heavy atom. The van der Waals surface area contributed by atoms with E-state index in [0.29, 0.717) is 18.8 Å². The third-order valence-corrected chi connectivity index (χ3v) is 4.22. The van der Waals surface area contributed by atoms with E-state index in [4.69, 9.17) is 10.5 Å². The maximum absolute atomic E-state index is 12.6. The van der Waals surface area contributed by atoms with Crippen molar-refractivity contribution in [3.05, 3.63) is 41.7 Å². The maximum atomic E-state index is 12.6. The SMILES string of the molecule is COc1ccc(C)cc1-n1ccc(C(=O)N2CCC(N)CC2)n1.Cl. The third-order valence-electron chi connectivity index (χ3n) is 4.22. The van der Waals surface area contributed by atoms with E-state index in [9.17, 15) is 4.79 Å². The fraction of sp³-hybridized carbons (Fsp3) is 0.412. The van der Waals surface area contributed by atoms with Crippen molar-refractivity contribution in [1.82, 2.24) is 14.7 Å². The highest BCUT2D eigenvalue weighted by Crippen LogP contribution is 2.23. The number of carbonyl (C=O) groups is 1. The van der Waals surface area contributed by atoms with E-state index in [-0.39, 0.29) is 24.4 Å². The molecule has 0 atom stereocenters. The van der Waals surface area contributed by atoms with Crippen LogP contribution in [0.5, 0.6) is 5.75 Å². The Hall–Kier alpha value is -2.05. The minimum Gasteiger partial charge on any atom is -0.494 e. The number of hydrogen-bond donors (Lipinski definition) is 1. The lowest BCUT2D eigenvalue weighted by atomic mass is 10.1. The summed E-state index contributed by atoms with van der Waals surface area (Å²) in [6.07, 6.45) is 3.48. The van der Waals surface area contributed by atoms with Gasteiger partial charge in [-0.1, -0.05) is 6.07 Å². The summed E-state index contributed by atoms with van der Waals surface area (Å²) < 4.78 is 7.07. The second kappa shape index (κ2) is 7.68. The number of piperidine rings is 1. The molecule has 1 fully saturated rings. The molecule has 2 heterocycles. The van der Waals surface area contributed by atoms with Crippen molar-refractivity contribution in [2.75, 3.05) is 20.2 Å². The van der Waals surface area contributed by atoms with E-state index in [0.717, 1.165) is 29.8 Å². The number of rotatable bonds is 3. The van der Waals surface area contributed by atoms with Gasteiger partial charge in [-0.25, -0.2) is 4.68 Å². The predicted molar refractivity (Wildman–Crippen MR) is 95.2 cm³/mol. The van der Waals surface area contributed by atoms with E-state index < -0.39 is 0 Å².